The maximum Gasteiger partial charge on any atom is 0.336 e. The van der Waals surface area contributed by atoms with Crippen molar-refractivity contribution >= 4 is 22.7 Å². The second-order valence-corrected chi connectivity index (χ2v) is 9.30. The molecule has 3 aromatic carbocycles. The molecule has 2 amide bonds. The molecule has 2 N–H and O–H groups in total. The Balaban J connectivity index is 1.33. The van der Waals surface area contributed by atoms with Crippen molar-refractivity contribution < 1.29 is 23.5 Å². The molecule has 11 nitrogen and oxygen atoms in total. The lowest BCUT2D eigenvalue weighted by Crippen LogP contribution is -2.41. The Kier molecular flexibility index (Phi) is 6.82. The van der Waals surface area contributed by atoms with Crippen LogP contribution >= 0.6 is 0 Å². The van der Waals surface area contributed by atoms with Crippen LogP contribution in [0, 0.1) is 0 Å². The molecule has 11 heteroatoms. The van der Waals surface area contributed by atoms with Crippen LogP contribution in [-0.4, -0.2) is 27.7 Å². The van der Waals surface area contributed by atoms with Crippen LogP contribution in [-0.2, 0) is 24.4 Å². The van der Waals surface area contributed by atoms with Crippen LogP contribution < -0.4 is 31.4 Å². The van der Waals surface area contributed by atoms with Gasteiger partial charge in [-0.05, 0) is 60.2 Å². The van der Waals surface area contributed by atoms with Crippen LogP contribution in [0.25, 0.3) is 16.6 Å². The van der Waals surface area contributed by atoms with E-state index in [1.807, 2.05) is 6.07 Å². The Morgan fingerprint density at radius 2 is 1.66 bits per heavy atom. The van der Waals surface area contributed by atoms with E-state index in [2.05, 4.69) is 10.6 Å². The number of carbonyl (C=O) groups is 2. The average molecular weight is 553 g/mol. The summed E-state index contributed by atoms with van der Waals surface area (Å²) in [7, 11) is 0. The first kappa shape index (κ1) is 25.7. The van der Waals surface area contributed by atoms with E-state index in [0.717, 1.165) is 10.1 Å². The van der Waals surface area contributed by atoms with Gasteiger partial charge in [-0.25, -0.2) is 9.36 Å². The van der Waals surface area contributed by atoms with Gasteiger partial charge in [0.05, 0.1) is 29.4 Å². The fourth-order valence-electron chi connectivity index (χ4n) is 4.60. The number of nitrogens with zero attached hydrogens (tertiary/aromatic N) is 2. The van der Waals surface area contributed by atoms with Crippen molar-refractivity contribution in [3.8, 4) is 17.2 Å². The third-order valence-electron chi connectivity index (χ3n) is 6.65. The Morgan fingerprint density at radius 3 is 2.46 bits per heavy atom. The van der Waals surface area contributed by atoms with Crippen LogP contribution in [0.3, 0.4) is 0 Å². The van der Waals surface area contributed by atoms with Gasteiger partial charge in [0.2, 0.25) is 12.7 Å². The van der Waals surface area contributed by atoms with Gasteiger partial charge < -0.3 is 24.5 Å². The molecule has 41 heavy (non-hydrogen) atoms. The van der Waals surface area contributed by atoms with E-state index < -0.39 is 23.1 Å². The van der Waals surface area contributed by atoms with Crippen molar-refractivity contribution in [3.63, 3.8) is 0 Å². The summed E-state index contributed by atoms with van der Waals surface area (Å²) in [6, 6.07) is 21.7. The second-order valence-electron chi connectivity index (χ2n) is 9.30. The molecule has 3 heterocycles. The quantitative estimate of drug-likeness (QED) is 0.302. The fourth-order valence-corrected chi connectivity index (χ4v) is 4.60. The summed E-state index contributed by atoms with van der Waals surface area (Å²) in [5, 5.41) is 5.73. The Labute approximate surface area is 232 Å². The fraction of sp³-hybridized carbons (Fsp3) is 0.133. The number of hydrogen-bond acceptors (Lipinski definition) is 7. The van der Waals surface area contributed by atoms with E-state index in [-0.39, 0.29) is 42.9 Å². The van der Waals surface area contributed by atoms with Crippen LogP contribution in [0.1, 0.15) is 21.7 Å². The summed E-state index contributed by atoms with van der Waals surface area (Å²) in [6.45, 7) is 0.109. The van der Waals surface area contributed by atoms with E-state index >= 15 is 0 Å². The number of carbonyl (C=O) groups excluding carboxylic acids is 2. The summed E-state index contributed by atoms with van der Waals surface area (Å²) >= 11 is 0. The molecule has 1 aliphatic rings. The Morgan fingerprint density at radius 1 is 0.829 bits per heavy atom. The number of aromatic nitrogens is 2. The zero-order valence-corrected chi connectivity index (χ0v) is 21.7. The van der Waals surface area contributed by atoms with Crippen molar-refractivity contribution in [1.29, 1.82) is 0 Å². The third kappa shape index (κ3) is 5.20. The summed E-state index contributed by atoms with van der Waals surface area (Å²) < 4.78 is 18.2. The highest BCUT2D eigenvalue weighted by atomic mass is 16.7. The molecular weight excluding hydrogens is 528 g/mol. The Hall–Kier alpha value is -5.58. The molecule has 0 atom stereocenters. The lowest BCUT2D eigenvalue weighted by Gasteiger charge is -2.15. The number of ether oxygens (including phenoxy) is 2. The number of hydrogen-bond donors (Lipinski definition) is 2. The van der Waals surface area contributed by atoms with E-state index in [1.165, 1.54) is 29.0 Å². The Bertz CT molecular complexity index is 1880. The molecule has 1 aliphatic heterocycles. The maximum atomic E-state index is 13.7. The molecule has 2 aromatic heterocycles. The maximum absolute atomic E-state index is 13.7. The minimum atomic E-state index is -0.709. The first-order chi connectivity index (χ1) is 20.0. The topological polar surface area (TPSA) is 134 Å². The summed E-state index contributed by atoms with van der Waals surface area (Å²) in [4.78, 5) is 53.1. The monoisotopic (exact) mass is 552 g/mol. The number of para-hydroxylation sites is 1. The first-order valence-electron chi connectivity index (χ1n) is 12.8. The minimum Gasteiger partial charge on any atom is -0.467 e. The zero-order chi connectivity index (χ0) is 28.3. The number of rotatable bonds is 8. The van der Waals surface area contributed by atoms with Gasteiger partial charge in [-0.3, -0.25) is 19.0 Å². The normalized spacial score (nSPS) is 11.9. The third-order valence-corrected chi connectivity index (χ3v) is 6.65. The molecule has 0 unspecified atom stereocenters. The largest absolute Gasteiger partial charge is 0.467 e. The van der Waals surface area contributed by atoms with Gasteiger partial charge in [-0.2, -0.15) is 0 Å². The lowest BCUT2D eigenvalue weighted by atomic mass is 10.1. The van der Waals surface area contributed by atoms with E-state index in [9.17, 15) is 19.2 Å². The standard InChI is InChI=1S/C30H24N4O7/c35-27(31-16-22-7-4-12-39-22)17-33-24-14-20(28(36)32-15-19-8-11-25-26(13-19)41-18-40-25)9-10-23(24)29(37)34(30(33)38)21-5-2-1-3-6-21/h1-14H,15-18H2,(H,31,35)(H,32,36). The molecule has 0 radical (unpaired) electrons. The number of amides is 2. The lowest BCUT2D eigenvalue weighted by molar-refractivity contribution is -0.121. The highest BCUT2D eigenvalue weighted by Crippen LogP contribution is 2.32. The average Bonchev–Trinajstić information content (AvgIpc) is 3.69. The minimum absolute atomic E-state index is 0.129. The van der Waals surface area contributed by atoms with Gasteiger partial charge in [0.25, 0.3) is 11.5 Å². The van der Waals surface area contributed by atoms with Gasteiger partial charge in [0, 0.05) is 12.1 Å². The van der Waals surface area contributed by atoms with Crippen LogP contribution in [0.2, 0.25) is 0 Å². The van der Waals surface area contributed by atoms with Gasteiger partial charge in [-0.1, -0.05) is 24.3 Å². The number of benzene rings is 3. The van der Waals surface area contributed by atoms with Crippen molar-refractivity contribution in [2.75, 3.05) is 6.79 Å². The van der Waals surface area contributed by atoms with Gasteiger partial charge in [0.1, 0.15) is 12.3 Å². The zero-order valence-electron chi connectivity index (χ0n) is 21.7. The van der Waals surface area contributed by atoms with E-state index in [4.69, 9.17) is 13.9 Å². The molecule has 6 rings (SSSR count). The predicted octanol–water partition coefficient (Wildman–Crippen LogP) is 2.72. The highest BCUT2D eigenvalue weighted by Gasteiger charge is 2.19. The molecule has 0 aliphatic carbocycles. The van der Waals surface area contributed by atoms with E-state index in [0.29, 0.717) is 22.9 Å². The van der Waals surface area contributed by atoms with Crippen LogP contribution in [0.5, 0.6) is 11.5 Å². The molecule has 0 fully saturated rings. The van der Waals surface area contributed by atoms with Gasteiger partial charge >= 0.3 is 5.69 Å². The summed E-state index contributed by atoms with van der Waals surface area (Å²) in [5.74, 6) is 0.901. The molecule has 0 bridgehead atoms. The number of fused-ring (bicyclic) bond motifs is 2. The molecule has 206 valence electrons. The smallest absolute Gasteiger partial charge is 0.336 e. The molecule has 0 saturated carbocycles. The van der Waals surface area contributed by atoms with Gasteiger partial charge in [0.15, 0.2) is 11.5 Å². The molecular formula is C30H24N4O7. The van der Waals surface area contributed by atoms with Crippen molar-refractivity contribution in [1.82, 2.24) is 19.8 Å². The molecule has 0 spiro atoms. The van der Waals surface area contributed by atoms with Crippen LogP contribution in [0.4, 0.5) is 0 Å². The second kappa shape index (κ2) is 10.9. The summed E-state index contributed by atoms with van der Waals surface area (Å²) in [5.41, 5.74) is 0.282. The van der Waals surface area contributed by atoms with Crippen molar-refractivity contribution in [3.05, 3.63) is 123 Å². The number of nitrogens with one attached hydrogen (secondary N) is 2. The van der Waals surface area contributed by atoms with Crippen LogP contribution in [0.15, 0.2) is 99.1 Å². The van der Waals surface area contributed by atoms with Gasteiger partial charge in [-0.15, -0.1) is 0 Å². The SMILES string of the molecule is O=C(Cn1c(=O)n(-c2ccccc2)c(=O)c2ccc(C(=O)NCc3ccc4c(c3)OCO4)cc21)NCc1ccco1. The predicted molar refractivity (Wildman–Crippen MR) is 148 cm³/mol. The van der Waals surface area contributed by atoms with Crippen molar-refractivity contribution in [2.24, 2.45) is 0 Å². The summed E-state index contributed by atoms with van der Waals surface area (Å²) in [6.07, 6.45) is 1.49. The highest BCUT2D eigenvalue weighted by molar-refractivity contribution is 5.98. The van der Waals surface area contributed by atoms with E-state index in [1.54, 1.807) is 54.6 Å². The van der Waals surface area contributed by atoms with Crippen molar-refractivity contribution in [2.45, 2.75) is 19.6 Å². The number of furan rings is 1. The first-order valence-corrected chi connectivity index (χ1v) is 12.8. The molecule has 0 saturated heterocycles. The molecule has 5 aromatic rings.